The summed E-state index contributed by atoms with van der Waals surface area (Å²) < 4.78 is 5.50. The quantitative estimate of drug-likeness (QED) is 0.839. The van der Waals surface area contributed by atoms with Gasteiger partial charge in [-0.05, 0) is 43.4 Å². The zero-order valence-corrected chi connectivity index (χ0v) is 16.1. The molecule has 5 nitrogen and oxygen atoms in total. The van der Waals surface area contributed by atoms with Crippen LogP contribution in [0.2, 0.25) is 10.0 Å². The lowest BCUT2D eigenvalue weighted by molar-refractivity contribution is -0.118. The van der Waals surface area contributed by atoms with Crippen LogP contribution in [-0.2, 0) is 4.79 Å². The van der Waals surface area contributed by atoms with Gasteiger partial charge in [0.05, 0.1) is 16.4 Å². The minimum atomic E-state index is -0.238. The van der Waals surface area contributed by atoms with Gasteiger partial charge in [-0.15, -0.1) is 0 Å². The third kappa shape index (κ3) is 4.81. The third-order valence-corrected chi connectivity index (χ3v) is 4.82. The molecule has 3 rings (SSSR count). The standard InChI is InChI=1S/C19H21Cl2N3O2/c1-23-9-11-24(12-10-23)19-16(21)3-2-4-17(19)22-18(25)13-26-15-7-5-14(20)6-8-15/h2-8H,9-13H2,1H3,(H,22,25). The summed E-state index contributed by atoms with van der Waals surface area (Å²) in [6, 6.07) is 12.4. The summed E-state index contributed by atoms with van der Waals surface area (Å²) in [6.45, 7) is 3.56. The first-order valence-electron chi connectivity index (χ1n) is 8.43. The summed E-state index contributed by atoms with van der Waals surface area (Å²) in [5.41, 5.74) is 1.56. The maximum absolute atomic E-state index is 12.3. The van der Waals surface area contributed by atoms with Crippen LogP contribution < -0.4 is 15.0 Å². The van der Waals surface area contributed by atoms with Crippen molar-refractivity contribution in [3.8, 4) is 5.75 Å². The van der Waals surface area contributed by atoms with Gasteiger partial charge in [-0.25, -0.2) is 0 Å². The van der Waals surface area contributed by atoms with Crippen molar-refractivity contribution in [2.75, 3.05) is 50.1 Å². The van der Waals surface area contributed by atoms with Crippen LogP contribution in [0, 0.1) is 0 Å². The number of likely N-dealkylation sites (N-methyl/N-ethyl adjacent to an activating group) is 1. The summed E-state index contributed by atoms with van der Waals surface area (Å²) in [5.74, 6) is 0.354. The van der Waals surface area contributed by atoms with Crippen LogP contribution in [-0.4, -0.2) is 50.6 Å². The Morgan fingerprint density at radius 1 is 1.08 bits per heavy atom. The molecule has 0 aromatic heterocycles. The SMILES string of the molecule is CN1CCN(c2c(Cl)cccc2NC(=O)COc2ccc(Cl)cc2)CC1. The van der Waals surface area contributed by atoms with Crippen LogP contribution >= 0.6 is 23.2 Å². The zero-order chi connectivity index (χ0) is 18.5. The molecule has 2 aromatic carbocycles. The van der Waals surface area contributed by atoms with Crippen molar-refractivity contribution >= 4 is 40.5 Å². The Bertz CT molecular complexity index is 760. The number of nitrogens with one attached hydrogen (secondary N) is 1. The molecular formula is C19H21Cl2N3O2. The topological polar surface area (TPSA) is 44.8 Å². The first-order valence-corrected chi connectivity index (χ1v) is 9.19. The first kappa shape index (κ1) is 18.8. The molecule has 0 aliphatic carbocycles. The van der Waals surface area contributed by atoms with Gasteiger partial charge in [0, 0.05) is 31.2 Å². The van der Waals surface area contributed by atoms with Crippen LogP contribution in [0.15, 0.2) is 42.5 Å². The van der Waals surface area contributed by atoms with E-state index in [4.69, 9.17) is 27.9 Å². The molecule has 138 valence electrons. The van der Waals surface area contributed by atoms with Crippen molar-refractivity contribution in [2.24, 2.45) is 0 Å². The average Bonchev–Trinajstić information content (AvgIpc) is 2.63. The highest BCUT2D eigenvalue weighted by Gasteiger charge is 2.20. The average molecular weight is 394 g/mol. The molecule has 0 spiro atoms. The summed E-state index contributed by atoms with van der Waals surface area (Å²) in [7, 11) is 2.10. The van der Waals surface area contributed by atoms with E-state index >= 15 is 0 Å². The molecule has 0 saturated carbocycles. The van der Waals surface area contributed by atoms with Crippen molar-refractivity contribution in [3.05, 3.63) is 52.5 Å². The second-order valence-electron chi connectivity index (χ2n) is 6.22. The fourth-order valence-electron chi connectivity index (χ4n) is 2.83. The highest BCUT2D eigenvalue weighted by atomic mass is 35.5. The highest BCUT2D eigenvalue weighted by molar-refractivity contribution is 6.34. The zero-order valence-electron chi connectivity index (χ0n) is 14.5. The molecule has 1 aliphatic rings. The number of hydrogen-bond acceptors (Lipinski definition) is 4. The van der Waals surface area contributed by atoms with E-state index in [2.05, 4.69) is 22.2 Å². The summed E-state index contributed by atoms with van der Waals surface area (Å²) >= 11 is 12.3. The molecule has 1 N–H and O–H groups in total. The van der Waals surface area contributed by atoms with E-state index in [-0.39, 0.29) is 12.5 Å². The Morgan fingerprint density at radius 2 is 1.77 bits per heavy atom. The molecular weight excluding hydrogens is 373 g/mol. The highest BCUT2D eigenvalue weighted by Crippen LogP contribution is 2.34. The van der Waals surface area contributed by atoms with Gasteiger partial charge in [-0.1, -0.05) is 29.3 Å². The van der Waals surface area contributed by atoms with Crippen LogP contribution in [0.5, 0.6) is 5.75 Å². The molecule has 1 heterocycles. The molecule has 26 heavy (non-hydrogen) atoms. The predicted octanol–water partition coefficient (Wildman–Crippen LogP) is 3.76. The molecule has 0 atom stereocenters. The molecule has 0 unspecified atom stereocenters. The van der Waals surface area contributed by atoms with Gasteiger partial charge in [0.25, 0.3) is 5.91 Å². The fraction of sp³-hybridized carbons (Fsp3) is 0.316. The second-order valence-corrected chi connectivity index (χ2v) is 7.06. The maximum Gasteiger partial charge on any atom is 0.262 e. The van der Waals surface area contributed by atoms with Crippen molar-refractivity contribution in [2.45, 2.75) is 0 Å². The van der Waals surface area contributed by atoms with E-state index < -0.39 is 0 Å². The van der Waals surface area contributed by atoms with Gasteiger partial charge in [0.15, 0.2) is 6.61 Å². The minimum Gasteiger partial charge on any atom is -0.484 e. The van der Waals surface area contributed by atoms with Crippen LogP contribution in [0.3, 0.4) is 0 Å². The first-order chi connectivity index (χ1) is 12.5. The van der Waals surface area contributed by atoms with Gasteiger partial charge >= 0.3 is 0 Å². The number of ether oxygens (including phenoxy) is 1. The molecule has 0 bridgehead atoms. The number of anilines is 2. The Kier molecular flexibility index (Phi) is 6.25. The van der Waals surface area contributed by atoms with E-state index in [0.717, 1.165) is 31.9 Å². The third-order valence-electron chi connectivity index (χ3n) is 4.26. The number of carbonyl (C=O) groups excluding carboxylic acids is 1. The summed E-state index contributed by atoms with van der Waals surface area (Å²) in [6.07, 6.45) is 0. The Morgan fingerprint density at radius 3 is 2.46 bits per heavy atom. The van der Waals surface area contributed by atoms with E-state index in [0.29, 0.717) is 21.5 Å². The van der Waals surface area contributed by atoms with Gasteiger partial charge in [0.2, 0.25) is 0 Å². The fourth-order valence-corrected chi connectivity index (χ4v) is 3.25. The Hall–Kier alpha value is -1.95. The normalized spacial score (nSPS) is 15.0. The number of benzene rings is 2. The number of halogens is 2. The number of hydrogen-bond donors (Lipinski definition) is 1. The lowest BCUT2D eigenvalue weighted by Crippen LogP contribution is -2.45. The molecule has 1 fully saturated rings. The molecule has 1 amide bonds. The van der Waals surface area contributed by atoms with Crippen LogP contribution in [0.4, 0.5) is 11.4 Å². The van der Waals surface area contributed by atoms with Crippen LogP contribution in [0.25, 0.3) is 0 Å². The van der Waals surface area contributed by atoms with E-state index in [1.54, 1.807) is 24.3 Å². The van der Waals surface area contributed by atoms with Gasteiger partial charge in [-0.2, -0.15) is 0 Å². The van der Waals surface area contributed by atoms with Crippen molar-refractivity contribution in [3.63, 3.8) is 0 Å². The van der Waals surface area contributed by atoms with Crippen molar-refractivity contribution in [1.29, 1.82) is 0 Å². The molecule has 0 radical (unpaired) electrons. The minimum absolute atomic E-state index is 0.0870. The predicted molar refractivity (Wildman–Crippen MR) is 107 cm³/mol. The van der Waals surface area contributed by atoms with Crippen molar-refractivity contribution in [1.82, 2.24) is 4.90 Å². The Balaban J connectivity index is 1.66. The molecule has 1 saturated heterocycles. The van der Waals surface area contributed by atoms with E-state index in [9.17, 15) is 4.79 Å². The van der Waals surface area contributed by atoms with Crippen LogP contribution in [0.1, 0.15) is 0 Å². The molecule has 7 heteroatoms. The number of carbonyl (C=O) groups is 1. The van der Waals surface area contributed by atoms with Crippen molar-refractivity contribution < 1.29 is 9.53 Å². The van der Waals surface area contributed by atoms with E-state index in [1.807, 2.05) is 18.2 Å². The second kappa shape index (κ2) is 8.62. The Labute approximate surface area is 163 Å². The largest absolute Gasteiger partial charge is 0.484 e. The number of piperazine rings is 1. The lowest BCUT2D eigenvalue weighted by atomic mass is 10.2. The summed E-state index contributed by atoms with van der Waals surface area (Å²) in [5, 5.41) is 4.17. The smallest absolute Gasteiger partial charge is 0.262 e. The number of nitrogens with zero attached hydrogens (tertiary/aromatic N) is 2. The number of amides is 1. The molecule has 2 aromatic rings. The van der Waals surface area contributed by atoms with Gasteiger partial charge in [0.1, 0.15) is 5.75 Å². The lowest BCUT2D eigenvalue weighted by Gasteiger charge is -2.35. The number of rotatable bonds is 5. The monoisotopic (exact) mass is 393 g/mol. The van der Waals surface area contributed by atoms with Gasteiger partial charge < -0.3 is 19.9 Å². The summed E-state index contributed by atoms with van der Waals surface area (Å²) in [4.78, 5) is 16.8. The van der Waals surface area contributed by atoms with Gasteiger partial charge in [-0.3, -0.25) is 4.79 Å². The number of para-hydroxylation sites is 1. The maximum atomic E-state index is 12.3. The molecule has 1 aliphatic heterocycles. The van der Waals surface area contributed by atoms with E-state index in [1.165, 1.54) is 0 Å².